The lowest BCUT2D eigenvalue weighted by Crippen LogP contribution is -2.27. The van der Waals surface area contributed by atoms with Gasteiger partial charge in [-0.2, -0.15) is 0 Å². The summed E-state index contributed by atoms with van der Waals surface area (Å²) < 4.78 is 6.71. The highest BCUT2D eigenvalue weighted by atomic mass is 35.5. The van der Waals surface area contributed by atoms with E-state index in [1.165, 1.54) is 11.3 Å². The lowest BCUT2D eigenvalue weighted by molar-refractivity contribution is 0.0720. The molecule has 1 aromatic carbocycles. The average molecular weight is 474 g/mol. The van der Waals surface area contributed by atoms with Gasteiger partial charge in [-0.05, 0) is 57.4 Å². The normalized spacial score (nSPS) is 18.1. The monoisotopic (exact) mass is 473 g/mol. The van der Waals surface area contributed by atoms with Crippen molar-refractivity contribution >= 4 is 40.3 Å². The third-order valence-electron chi connectivity index (χ3n) is 5.63. The topological polar surface area (TPSA) is 75.0 Å². The Kier molecular flexibility index (Phi) is 7.16. The molecule has 1 N–H and O–H groups in total. The summed E-state index contributed by atoms with van der Waals surface area (Å²) in [6.45, 7) is 5.83. The Balaban J connectivity index is 1.43. The molecule has 0 bridgehead atoms. The number of nitrogens with zero attached hydrogens (tertiary/aromatic N) is 2. The molecule has 1 unspecified atom stereocenters. The number of nitrogens with one attached hydrogen (secondary N) is 1. The second-order valence-electron chi connectivity index (χ2n) is 8.46. The standard InChI is InChI=1S/C24H28ClN3O3S/c1-15(2)30-21-13-16(24(26)28-11-3-4-12-28)5-7-18(21)19-14-17(31-27-19)6-8-20(29)22-9-10-23(25)32-22/h5,7,9-10,13,15,17,26H,3-4,6,8,11-12,14H2,1-2H3. The van der Waals surface area contributed by atoms with Crippen LogP contribution in [0.25, 0.3) is 0 Å². The minimum atomic E-state index is -0.140. The first kappa shape index (κ1) is 22.8. The van der Waals surface area contributed by atoms with Crippen LogP contribution in [-0.4, -0.2) is 47.5 Å². The molecule has 3 heterocycles. The number of oxime groups is 1. The zero-order valence-electron chi connectivity index (χ0n) is 18.4. The number of carbonyl (C=O) groups excluding carboxylic acids is 1. The van der Waals surface area contributed by atoms with E-state index in [9.17, 15) is 4.79 Å². The van der Waals surface area contributed by atoms with E-state index in [0.717, 1.165) is 42.8 Å². The molecule has 2 aromatic rings. The molecule has 32 heavy (non-hydrogen) atoms. The van der Waals surface area contributed by atoms with Crippen LogP contribution in [-0.2, 0) is 4.84 Å². The first-order valence-corrected chi connectivity index (χ1v) is 12.3. The maximum atomic E-state index is 12.4. The van der Waals surface area contributed by atoms with Crippen LogP contribution in [0, 0.1) is 5.41 Å². The molecule has 0 saturated carbocycles. The molecule has 1 atom stereocenters. The lowest BCUT2D eigenvalue weighted by Gasteiger charge is -2.20. The van der Waals surface area contributed by atoms with Crippen molar-refractivity contribution in [1.82, 2.24) is 4.90 Å². The molecule has 4 rings (SSSR count). The third kappa shape index (κ3) is 5.33. The lowest BCUT2D eigenvalue weighted by atomic mass is 9.99. The Labute approximate surface area is 197 Å². The van der Waals surface area contributed by atoms with E-state index in [1.54, 1.807) is 12.1 Å². The fraction of sp³-hybridized carbons (Fsp3) is 0.458. The molecule has 1 saturated heterocycles. The number of carbonyl (C=O) groups is 1. The van der Waals surface area contributed by atoms with Crippen molar-refractivity contribution in [3.8, 4) is 5.75 Å². The van der Waals surface area contributed by atoms with Gasteiger partial charge >= 0.3 is 0 Å². The zero-order chi connectivity index (χ0) is 22.7. The van der Waals surface area contributed by atoms with Gasteiger partial charge in [-0.25, -0.2) is 0 Å². The first-order valence-electron chi connectivity index (χ1n) is 11.1. The van der Waals surface area contributed by atoms with E-state index < -0.39 is 0 Å². The summed E-state index contributed by atoms with van der Waals surface area (Å²) in [5.41, 5.74) is 2.55. The van der Waals surface area contributed by atoms with Crippen molar-refractivity contribution < 1.29 is 14.4 Å². The summed E-state index contributed by atoms with van der Waals surface area (Å²) in [6.07, 6.45) is 3.74. The van der Waals surface area contributed by atoms with E-state index in [-0.39, 0.29) is 18.0 Å². The van der Waals surface area contributed by atoms with Crippen molar-refractivity contribution in [3.05, 3.63) is 50.7 Å². The number of halogens is 1. The van der Waals surface area contributed by atoms with Crippen LogP contribution >= 0.6 is 22.9 Å². The van der Waals surface area contributed by atoms with Crippen LogP contribution in [0.4, 0.5) is 0 Å². The molecule has 0 spiro atoms. The fourth-order valence-electron chi connectivity index (χ4n) is 4.00. The maximum absolute atomic E-state index is 12.4. The summed E-state index contributed by atoms with van der Waals surface area (Å²) in [4.78, 5) is 20.8. The molecular weight excluding hydrogens is 446 g/mol. The van der Waals surface area contributed by atoms with Crippen LogP contribution in [0.3, 0.4) is 0 Å². The van der Waals surface area contributed by atoms with Crippen molar-refractivity contribution in [1.29, 1.82) is 5.41 Å². The smallest absolute Gasteiger partial charge is 0.172 e. The zero-order valence-corrected chi connectivity index (χ0v) is 20.0. The molecule has 2 aliphatic heterocycles. The van der Waals surface area contributed by atoms with Gasteiger partial charge in [0.05, 0.1) is 21.0 Å². The van der Waals surface area contributed by atoms with Gasteiger partial charge in [0, 0.05) is 37.1 Å². The number of thiophene rings is 1. The van der Waals surface area contributed by atoms with Gasteiger partial charge in [0.15, 0.2) is 5.78 Å². The van der Waals surface area contributed by atoms with Crippen molar-refractivity contribution in [3.63, 3.8) is 0 Å². The molecule has 0 amide bonds. The van der Waals surface area contributed by atoms with Gasteiger partial charge < -0.3 is 14.5 Å². The second kappa shape index (κ2) is 10.0. The predicted molar refractivity (Wildman–Crippen MR) is 129 cm³/mol. The number of Topliss-reactive ketones (excluding diaryl/α,β-unsaturated/α-hetero) is 1. The minimum absolute atomic E-state index is 0.000991. The Morgan fingerprint density at radius 1 is 1.31 bits per heavy atom. The molecule has 6 nitrogen and oxygen atoms in total. The van der Waals surface area contributed by atoms with Gasteiger partial charge in [-0.3, -0.25) is 10.2 Å². The van der Waals surface area contributed by atoms with Gasteiger partial charge in [0.2, 0.25) is 0 Å². The number of rotatable bonds is 8. The van der Waals surface area contributed by atoms with Gasteiger partial charge in [-0.15, -0.1) is 11.3 Å². The SMILES string of the molecule is CC(C)Oc1cc(C(=N)N2CCCC2)ccc1C1=NOC(CCC(=O)c2ccc(Cl)s2)C1. The van der Waals surface area contributed by atoms with E-state index >= 15 is 0 Å². The third-order valence-corrected chi connectivity index (χ3v) is 6.90. The molecule has 0 aliphatic carbocycles. The Hall–Kier alpha value is -2.38. The van der Waals surface area contributed by atoms with E-state index in [2.05, 4.69) is 10.1 Å². The van der Waals surface area contributed by atoms with E-state index in [4.69, 9.17) is 26.6 Å². The molecule has 0 radical (unpaired) electrons. The van der Waals surface area contributed by atoms with E-state index in [1.807, 2.05) is 32.0 Å². The quantitative estimate of drug-likeness (QED) is 0.300. The fourth-order valence-corrected chi connectivity index (χ4v) is 5.01. The number of ketones is 1. The average Bonchev–Trinajstić information content (AvgIpc) is 3.53. The minimum Gasteiger partial charge on any atom is -0.490 e. The summed E-state index contributed by atoms with van der Waals surface area (Å²) in [5, 5.41) is 12.9. The van der Waals surface area contributed by atoms with Crippen molar-refractivity contribution in [2.45, 2.75) is 58.2 Å². The molecular formula is C24H28ClN3O3S. The Morgan fingerprint density at radius 3 is 2.78 bits per heavy atom. The van der Waals surface area contributed by atoms with Gasteiger partial charge in [0.1, 0.15) is 17.7 Å². The largest absolute Gasteiger partial charge is 0.490 e. The summed E-state index contributed by atoms with van der Waals surface area (Å²) >= 11 is 7.24. The number of likely N-dealkylation sites (tertiary alicyclic amines) is 1. The Morgan fingerprint density at radius 2 is 2.09 bits per heavy atom. The van der Waals surface area contributed by atoms with Crippen LogP contribution in [0.1, 0.15) is 66.8 Å². The molecule has 1 fully saturated rings. The highest BCUT2D eigenvalue weighted by molar-refractivity contribution is 7.18. The summed E-state index contributed by atoms with van der Waals surface area (Å²) in [5.74, 6) is 1.33. The first-order chi connectivity index (χ1) is 15.4. The number of benzene rings is 1. The molecule has 1 aromatic heterocycles. The highest BCUT2D eigenvalue weighted by Crippen LogP contribution is 2.30. The van der Waals surface area contributed by atoms with Gasteiger partial charge in [0.25, 0.3) is 0 Å². The maximum Gasteiger partial charge on any atom is 0.172 e. The molecule has 170 valence electrons. The molecule has 8 heteroatoms. The number of hydrogen-bond acceptors (Lipinski definition) is 6. The summed E-state index contributed by atoms with van der Waals surface area (Å²) in [7, 11) is 0. The predicted octanol–water partition coefficient (Wildman–Crippen LogP) is 5.77. The second-order valence-corrected chi connectivity index (χ2v) is 10.2. The van der Waals surface area contributed by atoms with Crippen molar-refractivity contribution in [2.75, 3.05) is 13.1 Å². The summed E-state index contributed by atoms with van der Waals surface area (Å²) in [6, 6.07) is 9.39. The highest BCUT2D eigenvalue weighted by Gasteiger charge is 2.27. The Bertz CT molecular complexity index is 1030. The molecule has 2 aliphatic rings. The van der Waals surface area contributed by atoms with Crippen LogP contribution in [0.15, 0.2) is 35.5 Å². The number of ether oxygens (including phenoxy) is 1. The number of amidine groups is 1. The number of hydrogen-bond donors (Lipinski definition) is 1. The van der Waals surface area contributed by atoms with Crippen LogP contribution < -0.4 is 4.74 Å². The van der Waals surface area contributed by atoms with Crippen LogP contribution in [0.5, 0.6) is 5.75 Å². The van der Waals surface area contributed by atoms with Gasteiger partial charge in [-0.1, -0.05) is 22.8 Å². The van der Waals surface area contributed by atoms with E-state index in [0.29, 0.717) is 40.1 Å². The van der Waals surface area contributed by atoms with Crippen LogP contribution in [0.2, 0.25) is 4.34 Å². The van der Waals surface area contributed by atoms with Crippen molar-refractivity contribution in [2.24, 2.45) is 5.16 Å².